The number of amides is 1. The summed E-state index contributed by atoms with van der Waals surface area (Å²) in [5, 5.41) is 8.35. The number of halogens is 2. The van der Waals surface area contributed by atoms with Gasteiger partial charge in [-0.15, -0.1) is 0 Å². The van der Waals surface area contributed by atoms with Gasteiger partial charge >= 0.3 is 0 Å². The highest BCUT2D eigenvalue weighted by Crippen LogP contribution is 2.10. The van der Waals surface area contributed by atoms with Gasteiger partial charge < -0.3 is 4.90 Å². The van der Waals surface area contributed by atoms with E-state index < -0.39 is 11.6 Å². The zero-order valence-corrected chi connectivity index (χ0v) is 9.41. The Labute approximate surface area is 98.3 Å². The SMILES string of the molecule is CN(CCc1ccc(F)cc1F)C(=O)CC#N. The van der Waals surface area contributed by atoms with Crippen molar-refractivity contribution in [2.45, 2.75) is 12.8 Å². The molecule has 0 saturated carbocycles. The lowest BCUT2D eigenvalue weighted by molar-refractivity contribution is -0.128. The number of carbonyl (C=O) groups is 1. The predicted octanol–water partition coefficient (Wildman–Crippen LogP) is 1.88. The molecule has 0 aliphatic heterocycles. The fraction of sp³-hybridized carbons (Fsp3) is 0.333. The Hall–Kier alpha value is -1.96. The first-order chi connectivity index (χ1) is 8.04. The molecule has 0 bridgehead atoms. The number of hydrogen-bond donors (Lipinski definition) is 0. The van der Waals surface area contributed by atoms with E-state index in [9.17, 15) is 13.6 Å². The standard InChI is InChI=1S/C12H12F2N2O/c1-16(12(17)4-6-15)7-5-9-2-3-10(13)8-11(9)14/h2-3,8H,4-5,7H2,1H3. The van der Waals surface area contributed by atoms with Gasteiger partial charge in [0.05, 0.1) is 6.07 Å². The van der Waals surface area contributed by atoms with E-state index in [1.54, 1.807) is 13.1 Å². The van der Waals surface area contributed by atoms with Gasteiger partial charge in [-0.2, -0.15) is 5.26 Å². The summed E-state index contributed by atoms with van der Waals surface area (Å²) in [7, 11) is 1.54. The van der Waals surface area contributed by atoms with Crippen LogP contribution in [0.3, 0.4) is 0 Å². The van der Waals surface area contributed by atoms with Crippen LogP contribution in [-0.2, 0) is 11.2 Å². The first-order valence-corrected chi connectivity index (χ1v) is 5.09. The van der Waals surface area contributed by atoms with Crippen LogP contribution in [0, 0.1) is 23.0 Å². The van der Waals surface area contributed by atoms with Crippen molar-refractivity contribution >= 4 is 5.91 Å². The predicted molar refractivity (Wildman–Crippen MR) is 57.9 cm³/mol. The van der Waals surface area contributed by atoms with Crippen molar-refractivity contribution in [3.8, 4) is 6.07 Å². The van der Waals surface area contributed by atoms with E-state index in [2.05, 4.69) is 0 Å². The Balaban J connectivity index is 2.56. The van der Waals surface area contributed by atoms with Crippen LogP contribution in [0.2, 0.25) is 0 Å². The van der Waals surface area contributed by atoms with Gasteiger partial charge in [0.2, 0.25) is 5.91 Å². The van der Waals surface area contributed by atoms with Gasteiger partial charge in [0, 0.05) is 19.7 Å². The van der Waals surface area contributed by atoms with Crippen LogP contribution in [-0.4, -0.2) is 24.4 Å². The van der Waals surface area contributed by atoms with Crippen molar-refractivity contribution in [2.24, 2.45) is 0 Å². The highest BCUT2D eigenvalue weighted by molar-refractivity contribution is 5.77. The lowest BCUT2D eigenvalue weighted by Crippen LogP contribution is -2.28. The smallest absolute Gasteiger partial charge is 0.236 e. The molecular weight excluding hydrogens is 226 g/mol. The molecule has 1 aromatic rings. The Morgan fingerprint density at radius 3 is 2.76 bits per heavy atom. The Morgan fingerprint density at radius 1 is 1.47 bits per heavy atom. The molecule has 1 aromatic carbocycles. The van der Waals surface area contributed by atoms with Crippen LogP contribution < -0.4 is 0 Å². The molecular formula is C12H12F2N2O. The minimum absolute atomic E-state index is 0.192. The molecule has 0 aromatic heterocycles. The number of benzene rings is 1. The maximum absolute atomic E-state index is 13.3. The van der Waals surface area contributed by atoms with Crippen molar-refractivity contribution in [1.82, 2.24) is 4.90 Å². The molecule has 0 saturated heterocycles. The molecule has 90 valence electrons. The van der Waals surface area contributed by atoms with Crippen LogP contribution in [0.5, 0.6) is 0 Å². The summed E-state index contributed by atoms with van der Waals surface area (Å²) in [6.45, 7) is 0.295. The van der Waals surface area contributed by atoms with Crippen molar-refractivity contribution < 1.29 is 13.6 Å². The molecule has 0 radical (unpaired) electrons. The van der Waals surface area contributed by atoms with Gasteiger partial charge in [0.25, 0.3) is 0 Å². The number of carbonyl (C=O) groups excluding carboxylic acids is 1. The number of nitrogens with zero attached hydrogens (tertiary/aromatic N) is 2. The van der Waals surface area contributed by atoms with Crippen LogP contribution in [0.1, 0.15) is 12.0 Å². The largest absolute Gasteiger partial charge is 0.345 e. The Kier molecular flexibility index (Phi) is 4.58. The van der Waals surface area contributed by atoms with E-state index in [4.69, 9.17) is 5.26 Å². The van der Waals surface area contributed by atoms with Gasteiger partial charge in [0.15, 0.2) is 0 Å². The summed E-state index contributed by atoms with van der Waals surface area (Å²) in [6.07, 6.45) is 0.0994. The first kappa shape index (κ1) is 13.1. The first-order valence-electron chi connectivity index (χ1n) is 5.09. The average molecular weight is 238 g/mol. The fourth-order valence-electron chi connectivity index (χ4n) is 1.34. The summed E-state index contributed by atoms with van der Waals surface area (Å²) < 4.78 is 25.9. The molecule has 0 fully saturated rings. The minimum atomic E-state index is -0.625. The molecule has 0 aliphatic rings. The second kappa shape index (κ2) is 5.94. The van der Waals surface area contributed by atoms with Gasteiger partial charge in [-0.3, -0.25) is 4.79 Å². The van der Waals surface area contributed by atoms with E-state index in [0.717, 1.165) is 6.07 Å². The Morgan fingerprint density at radius 2 is 2.18 bits per heavy atom. The van der Waals surface area contributed by atoms with Gasteiger partial charge in [-0.05, 0) is 18.1 Å². The van der Waals surface area contributed by atoms with Crippen LogP contribution in [0.4, 0.5) is 8.78 Å². The monoisotopic (exact) mass is 238 g/mol. The summed E-state index contributed by atoms with van der Waals surface area (Å²) >= 11 is 0. The fourth-order valence-corrected chi connectivity index (χ4v) is 1.34. The third-order valence-electron chi connectivity index (χ3n) is 2.39. The zero-order chi connectivity index (χ0) is 12.8. The number of rotatable bonds is 4. The highest BCUT2D eigenvalue weighted by atomic mass is 19.1. The van der Waals surface area contributed by atoms with E-state index >= 15 is 0 Å². The quantitative estimate of drug-likeness (QED) is 0.803. The van der Waals surface area contributed by atoms with Crippen LogP contribution in [0.15, 0.2) is 18.2 Å². The summed E-state index contributed by atoms with van der Waals surface area (Å²) in [6, 6.07) is 5.09. The third kappa shape index (κ3) is 3.83. The van der Waals surface area contributed by atoms with Gasteiger partial charge in [-0.1, -0.05) is 6.07 Å². The second-order valence-electron chi connectivity index (χ2n) is 3.64. The number of nitriles is 1. The van der Waals surface area contributed by atoms with Crippen molar-refractivity contribution in [1.29, 1.82) is 5.26 Å². The molecule has 1 rings (SSSR count). The van der Waals surface area contributed by atoms with E-state index in [-0.39, 0.29) is 12.3 Å². The van der Waals surface area contributed by atoms with Gasteiger partial charge in [0.1, 0.15) is 18.1 Å². The zero-order valence-electron chi connectivity index (χ0n) is 9.41. The summed E-state index contributed by atoms with van der Waals surface area (Å²) in [4.78, 5) is 12.6. The van der Waals surface area contributed by atoms with Crippen LogP contribution >= 0.6 is 0 Å². The molecule has 3 nitrogen and oxygen atoms in total. The van der Waals surface area contributed by atoms with Crippen LogP contribution in [0.25, 0.3) is 0 Å². The number of likely N-dealkylation sites (N-methyl/N-ethyl adjacent to an activating group) is 1. The normalized spacial score (nSPS) is 9.76. The maximum Gasteiger partial charge on any atom is 0.236 e. The molecule has 0 heterocycles. The molecule has 0 unspecified atom stereocenters. The highest BCUT2D eigenvalue weighted by Gasteiger charge is 2.09. The molecule has 0 spiro atoms. The lowest BCUT2D eigenvalue weighted by atomic mass is 10.1. The van der Waals surface area contributed by atoms with E-state index in [1.165, 1.54) is 17.0 Å². The summed E-state index contributed by atoms with van der Waals surface area (Å²) in [5.74, 6) is -1.55. The van der Waals surface area contributed by atoms with E-state index in [1.807, 2.05) is 0 Å². The molecule has 0 aliphatic carbocycles. The lowest BCUT2D eigenvalue weighted by Gasteiger charge is -2.15. The third-order valence-corrected chi connectivity index (χ3v) is 2.39. The van der Waals surface area contributed by atoms with Crippen molar-refractivity contribution in [3.05, 3.63) is 35.4 Å². The van der Waals surface area contributed by atoms with Crippen molar-refractivity contribution in [3.63, 3.8) is 0 Å². The molecule has 1 amide bonds. The molecule has 0 N–H and O–H groups in total. The summed E-state index contributed by atoms with van der Waals surface area (Å²) in [5.41, 5.74) is 0.350. The molecule has 0 atom stereocenters. The van der Waals surface area contributed by atoms with E-state index in [0.29, 0.717) is 18.5 Å². The van der Waals surface area contributed by atoms with Crippen molar-refractivity contribution in [2.75, 3.05) is 13.6 Å². The second-order valence-corrected chi connectivity index (χ2v) is 3.64. The van der Waals surface area contributed by atoms with Gasteiger partial charge in [-0.25, -0.2) is 8.78 Å². The topological polar surface area (TPSA) is 44.1 Å². The number of hydrogen-bond acceptors (Lipinski definition) is 2. The maximum atomic E-state index is 13.3. The minimum Gasteiger partial charge on any atom is -0.345 e. The Bertz CT molecular complexity index is 454. The average Bonchev–Trinajstić information content (AvgIpc) is 2.27. The molecule has 5 heteroatoms. The molecule has 17 heavy (non-hydrogen) atoms.